The molecule has 0 aliphatic carbocycles. The van der Waals surface area contributed by atoms with Gasteiger partial charge in [0.25, 0.3) is 0 Å². The SMILES string of the molecule is Cc1ccc(Oc2ccc3nc(C)n(C)c3c2)cc1. The number of hydrogen-bond acceptors (Lipinski definition) is 2. The summed E-state index contributed by atoms with van der Waals surface area (Å²) in [5.74, 6) is 2.69. The predicted octanol–water partition coefficient (Wildman–Crippen LogP) is 3.98. The molecule has 3 rings (SSSR count). The Morgan fingerprint density at radius 2 is 1.63 bits per heavy atom. The van der Waals surface area contributed by atoms with Gasteiger partial charge in [-0.2, -0.15) is 0 Å². The zero-order chi connectivity index (χ0) is 13.4. The van der Waals surface area contributed by atoms with Crippen LogP contribution in [0.25, 0.3) is 11.0 Å². The Morgan fingerprint density at radius 1 is 0.947 bits per heavy atom. The summed E-state index contributed by atoms with van der Waals surface area (Å²) in [5, 5.41) is 0. The zero-order valence-corrected chi connectivity index (χ0v) is 11.3. The molecule has 0 saturated heterocycles. The van der Waals surface area contributed by atoms with Crippen molar-refractivity contribution in [1.82, 2.24) is 9.55 Å². The van der Waals surface area contributed by atoms with Crippen molar-refractivity contribution in [3.63, 3.8) is 0 Å². The van der Waals surface area contributed by atoms with Crippen LogP contribution in [0.3, 0.4) is 0 Å². The van der Waals surface area contributed by atoms with E-state index in [1.807, 2.05) is 56.4 Å². The van der Waals surface area contributed by atoms with Crippen molar-refractivity contribution >= 4 is 11.0 Å². The van der Waals surface area contributed by atoms with E-state index >= 15 is 0 Å². The number of imidazole rings is 1. The van der Waals surface area contributed by atoms with Crippen molar-refractivity contribution in [2.24, 2.45) is 7.05 Å². The van der Waals surface area contributed by atoms with Gasteiger partial charge in [-0.25, -0.2) is 4.98 Å². The van der Waals surface area contributed by atoms with Gasteiger partial charge in [-0.05, 0) is 38.1 Å². The highest BCUT2D eigenvalue weighted by molar-refractivity contribution is 5.77. The molecule has 0 aliphatic heterocycles. The second kappa shape index (κ2) is 4.43. The van der Waals surface area contributed by atoms with E-state index in [1.165, 1.54) is 5.56 Å². The summed E-state index contributed by atoms with van der Waals surface area (Å²) in [6, 6.07) is 14.0. The molecule has 3 heteroatoms. The Balaban J connectivity index is 1.97. The summed E-state index contributed by atoms with van der Waals surface area (Å²) >= 11 is 0. The number of ether oxygens (including phenoxy) is 1. The largest absolute Gasteiger partial charge is 0.457 e. The molecule has 1 aromatic heterocycles. The molecule has 3 aromatic rings. The highest BCUT2D eigenvalue weighted by Crippen LogP contribution is 2.25. The fourth-order valence-corrected chi connectivity index (χ4v) is 2.10. The fourth-order valence-electron chi connectivity index (χ4n) is 2.10. The lowest BCUT2D eigenvalue weighted by atomic mass is 10.2. The van der Waals surface area contributed by atoms with Crippen LogP contribution in [0.5, 0.6) is 11.5 Å². The molecule has 0 saturated carbocycles. The molecule has 0 aliphatic rings. The second-order valence-corrected chi connectivity index (χ2v) is 4.78. The maximum Gasteiger partial charge on any atom is 0.129 e. The molecule has 2 aromatic carbocycles. The molecule has 0 bridgehead atoms. The van der Waals surface area contributed by atoms with Gasteiger partial charge in [0.15, 0.2) is 0 Å². The minimum Gasteiger partial charge on any atom is -0.457 e. The summed E-state index contributed by atoms with van der Waals surface area (Å²) in [4.78, 5) is 4.48. The highest BCUT2D eigenvalue weighted by atomic mass is 16.5. The van der Waals surface area contributed by atoms with Crippen molar-refractivity contribution in [1.29, 1.82) is 0 Å². The van der Waals surface area contributed by atoms with E-state index in [-0.39, 0.29) is 0 Å². The van der Waals surface area contributed by atoms with Crippen LogP contribution in [-0.4, -0.2) is 9.55 Å². The van der Waals surface area contributed by atoms with Crippen molar-refractivity contribution in [3.8, 4) is 11.5 Å². The van der Waals surface area contributed by atoms with Gasteiger partial charge in [-0.3, -0.25) is 0 Å². The van der Waals surface area contributed by atoms with E-state index in [2.05, 4.69) is 16.5 Å². The molecule has 0 unspecified atom stereocenters. The fraction of sp³-hybridized carbons (Fsp3) is 0.188. The lowest BCUT2D eigenvalue weighted by molar-refractivity contribution is 0.483. The summed E-state index contributed by atoms with van der Waals surface area (Å²) in [7, 11) is 2.01. The van der Waals surface area contributed by atoms with Crippen molar-refractivity contribution in [2.75, 3.05) is 0 Å². The predicted molar refractivity (Wildman–Crippen MR) is 76.7 cm³/mol. The van der Waals surface area contributed by atoms with Crippen LogP contribution in [0.2, 0.25) is 0 Å². The Hall–Kier alpha value is -2.29. The first-order valence-corrected chi connectivity index (χ1v) is 6.31. The van der Waals surface area contributed by atoms with Crippen LogP contribution in [0, 0.1) is 13.8 Å². The average molecular weight is 252 g/mol. The van der Waals surface area contributed by atoms with E-state index in [4.69, 9.17) is 4.74 Å². The lowest BCUT2D eigenvalue weighted by Gasteiger charge is -2.06. The number of aryl methyl sites for hydroxylation is 3. The van der Waals surface area contributed by atoms with Gasteiger partial charge < -0.3 is 9.30 Å². The summed E-state index contributed by atoms with van der Waals surface area (Å²) < 4.78 is 7.93. The Bertz CT molecular complexity index is 726. The molecule has 0 N–H and O–H groups in total. The minimum atomic E-state index is 0.833. The minimum absolute atomic E-state index is 0.833. The molecular weight excluding hydrogens is 236 g/mol. The number of hydrogen-bond donors (Lipinski definition) is 0. The van der Waals surface area contributed by atoms with Crippen LogP contribution < -0.4 is 4.74 Å². The second-order valence-electron chi connectivity index (χ2n) is 4.78. The van der Waals surface area contributed by atoms with Gasteiger partial charge in [0, 0.05) is 13.1 Å². The summed E-state index contributed by atoms with van der Waals surface area (Å²) in [5.41, 5.74) is 3.31. The maximum absolute atomic E-state index is 5.86. The van der Waals surface area contributed by atoms with E-state index < -0.39 is 0 Å². The average Bonchev–Trinajstić information content (AvgIpc) is 2.69. The molecule has 0 atom stereocenters. The number of rotatable bonds is 2. The van der Waals surface area contributed by atoms with Crippen molar-refractivity contribution in [2.45, 2.75) is 13.8 Å². The Morgan fingerprint density at radius 3 is 2.37 bits per heavy atom. The van der Waals surface area contributed by atoms with E-state index in [0.29, 0.717) is 0 Å². The van der Waals surface area contributed by atoms with Crippen LogP contribution in [0.4, 0.5) is 0 Å². The first-order valence-electron chi connectivity index (χ1n) is 6.31. The first-order chi connectivity index (χ1) is 9.13. The Kier molecular flexibility index (Phi) is 2.75. The van der Waals surface area contributed by atoms with Crippen molar-refractivity contribution < 1.29 is 4.74 Å². The van der Waals surface area contributed by atoms with Crippen LogP contribution in [0.15, 0.2) is 42.5 Å². The van der Waals surface area contributed by atoms with Crippen LogP contribution in [-0.2, 0) is 7.05 Å². The van der Waals surface area contributed by atoms with Gasteiger partial charge in [0.05, 0.1) is 11.0 Å². The van der Waals surface area contributed by atoms with Gasteiger partial charge >= 0.3 is 0 Å². The molecule has 1 heterocycles. The number of aromatic nitrogens is 2. The number of fused-ring (bicyclic) bond motifs is 1. The number of nitrogens with zero attached hydrogens (tertiary/aromatic N) is 2. The monoisotopic (exact) mass is 252 g/mol. The van der Waals surface area contributed by atoms with E-state index in [0.717, 1.165) is 28.4 Å². The van der Waals surface area contributed by atoms with Gasteiger partial charge in [0.2, 0.25) is 0 Å². The smallest absolute Gasteiger partial charge is 0.129 e. The summed E-state index contributed by atoms with van der Waals surface area (Å²) in [6.07, 6.45) is 0. The highest BCUT2D eigenvalue weighted by Gasteiger charge is 2.06. The molecule has 19 heavy (non-hydrogen) atoms. The normalized spacial score (nSPS) is 10.9. The molecule has 3 nitrogen and oxygen atoms in total. The van der Waals surface area contributed by atoms with E-state index in [1.54, 1.807) is 0 Å². The zero-order valence-electron chi connectivity index (χ0n) is 11.3. The molecular formula is C16H16N2O. The van der Waals surface area contributed by atoms with Crippen molar-refractivity contribution in [3.05, 3.63) is 53.9 Å². The molecule has 96 valence electrons. The molecule has 0 spiro atoms. The number of benzene rings is 2. The van der Waals surface area contributed by atoms with Crippen LogP contribution >= 0.6 is 0 Å². The first kappa shape index (κ1) is 11.8. The topological polar surface area (TPSA) is 27.1 Å². The Labute approximate surface area is 112 Å². The maximum atomic E-state index is 5.86. The molecule has 0 fully saturated rings. The van der Waals surface area contributed by atoms with Gasteiger partial charge in [-0.1, -0.05) is 17.7 Å². The standard InChI is InChI=1S/C16H16N2O/c1-11-4-6-13(7-5-11)19-14-8-9-15-16(10-14)18(3)12(2)17-15/h4-10H,1-3H3. The quantitative estimate of drug-likeness (QED) is 0.689. The molecule has 0 amide bonds. The van der Waals surface area contributed by atoms with Crippen LogP contribution in [0.1, 0.15) is 11.4 Å². The molecule has 0 radical (unpaired) electrons. The van der Waals surface area contributed by atoms with Gasteiger partial charge in [0.1, 0.15) is 17.3 Å². The summed E-state index contributed by atoms with van der Waals surface area (Å²) in [6.45, 7) is 4.06. The third-order valence-electron chi connectivity index (χ3n) is 3.33. The third-order valence-corrected chi connectivity index (χ3v) is 3.33. The van der Waals surface area contributed by atoms with Gasteiger partial charge in [-0.15, -0.1) is 0 Å². The lowest BCUT2D eigenvalue weighted by Crippen LogP contribution is -1.90. The third kappa shape index (κ3) is 2.19. The van der Waals surface area contributed by atoms with E-state index in [9.17, 15) is 0 Å².